The highest BCUT2D eigenvalue weighted by Crippen LogP contribution is 2.25. The molecule has 4 N–H and O–H groups in total. The number of nitrogens with two attached hydrogens (primary N) is 2. The number of hydrazone groups is 1. The van der Waals surface area contributed by atoms with E-state index in [0.717, 1.165) is 22.8 Å². The van der Waals surface area contributed by atoms with E-state index in [4.69, 9.17) is 20.8 Å². The minimum atomic E-state index is -0.501. The molecule has 0 spiro atoms. The maximum atomic E-state index is 14.2. The van der Waals surface area contributed by atoms with Gasteiger partial charge in [-0.05, 0) is 17.7 Å². The van der Waals surface area contributed by atoms with E-state index >= 15 is 0 Å². The molecule has 1 aliphatic rings. The van der Waals surface area contributed by atoms with Crippen LogP contribution in [0.2, 0.25) is 0 Å². The minimum absolute atomic E-state index is 0.0112. The Kier molecular flexibility index (Phi) is 6.52. The predicted molar refractivity (Wildman–Crippen MR) is 122 cm³/mol. The highest BCUT2D eigenvalue weighted by atomic mass is 19.1. The SMILES string of the molecule is COC/C(=C(/N)c1nc(-c2ccc(CN3CN(C)C=N3)cc2)no1)N(N)c1ccccc1F. The Balaban J connectivity index is 1.55. The second-order valence-corrected chi connectivity index (χ2v) is 7.53. The molecule has 0 saturated carbocycles. The molecule has 2 aromatic carbocycles. The summed E-state index contributed by atoms with van der Waals surface area (Å²) in [7, 11) is 3.45. The zero-order valence-electron chi connectivity index (χ0n) is 18.3. The molecule has 3 aromatic rings. The Labute approximate surface area is 190 Å². The van der Waals surface area contributed by atoms with Gasteiger partial charge in [-0.2, -0.15) is 10.1 Å². The van der Waals surface area contributed by atoms with E-state index in [-0.39, 0.29) is 29.6 Å². The Hall–Kier alpha value is -3.96. The van der Waals surface area contributed by atoms with Gasteiger partial charge in [0, 0.05) is 19.7 Å². The highest BCUT2D eigenvalue weighted by Gasteiger charge is 2.21. The maximum Gasteiger partial charge on any atom is 0.276 e. The van der Waals surface area contributed by atoms with Crippen molar-refractivity contribution >= 4 is 17.7 Å². The summed E-state index contributed by atoms with van der Waals surface area (Å²) in [6.07, 6.45) is 1.79. The van der Waals surface area contributed by atoms with Gasteiger partial charge >= 0.3 is 0 Å². The molecule has 2 heterocycles. The molecule has 11 heteroatoms. The summed E-state index contributed by atoms with van der Waals surface area (Å²) in [5.74, 6) is 6.07. The number of hydrogen-bond acceptors (Lipinski definition) is 10. The van der Waals surface area contributed by atoms with Gasteiger partial charge in [0.15, 0.2) is 0 Å². The van der Waals surface area contributed by atoms with Crippen LogP contribution >= 0.6 is 0 Å². The van der Waals surface area contributed by atoms with Gasteiger partial charge in [0.1, 0.15) is 24.5 Å². The van der Waals surface area contributed by atoms with E-state index in [2.05, 4.69) is 15.2 Å². The van der Waals surface area contributed by atoms with E-state index in [1.807, 2.05) is 41.2 Å². The van der Waals surface area contributed by atoms with Crippen LogP contribution in [0.3, 0.4) is 0 Å². The lowest BCUT2D eigenvalue weighted by Crippen LogP contribution is -2.35. The van der Waals surface area contributed by atoms with Crippen LogP contribution in [-0.4, -0.2) is 53.8 Å². The van der Waals surface area contributed by atoms with E-state index in [1.54, 1.807) is 18.5 Å². The van der Waals surface area contributed by atoms with E-state index in [0.29, 0.717) is 12.4 Å². The molecular formula is C22H25FN8O2. The number of aromatic nitrogens is 2. The lowest BCUT2D eigenvalue weighted by Gasteiger charge is -2.23. The number of para-hydroxylation sites is 1. The van der Waals surface area contributed by atoms with Crippen LogP contribution in [0.1, 0.15) is 11.5 Å². The largest absolute Gasteiger partial charge is 0.393 e. The third-order valence-corrected chi connectivity index (χ3v) is 5.03. The molecule has 0 saturated heterocycles. The Morgan fingerprint density at radius 1 is 1.21 bits per heavy atom. The van der Waals surface area contributed by atoms with Gasteiger partial charge in [-0.25, -0.2) is 10.2 Å². The van der Waals surface area contributed by atoms with Crippen LogP contribution in [-0.2, 0) is 11.3 Å². The molecule has 1 aliphatic heterocycles. The number of ether oxygens (including phenoxy) is 1. The van der Waals surface area contributed by atoms with E-state index in [1.165, 1.54) is 19.2 Å². The molecule has 1 aromatic heterocycles. The summed E-state index contributed by atoms with van der Waals surface area (Å²) in [5.41, 5.74) is 8.63. The molecule has 0 bridgehead atoms. The van der Waals surface area contributed by atoms with Gasteiger partial charge in [0.2, 0.25) is 5.82 Å². The molecule has 0 unspecified atom stereocenters. The first-order valence-corrected chi connectivity index (χ1v) is 10.2. The Morgan fingerprint density at radius 2 is 1.97 bits per heavy atom. The summed E-state index contributed by atoms with van der Waals surface area (Å²) in [5, 5.41) is 11.4. The fraction of sp³-hybridized carbons (Fsp3) is 0.227. The van der Waals surface area contributed by atoms with Crippen LogP contribution < -0.4 is 16.6 Å². The zero-order chi connectivity index (χ0) is 23.4. The quantitative estimate of drug-likeness (QED) is 0.391. The molecule has 33 heavy (non-hydrogen) atoms. The number of benzene rings is 2. The molecule has 172 valence electrons. The van der Waals surface area contributed by atoms with Crippen molar-refractivity contribution in [1.82, 2.24) is 20.0 Å². The average molecular weight is 452 g/mol. The number of halogens is 1. The number of anilines is 1. The first kappa shape index (κ1) is 22.2. The number of nitrogens with zero attached hydrogens (tertiary/aromatic N) is 6. The van der Waals surface area contributed by atoms with Gasteiger partial charge in [0.25, 0.3) is 5.89 Å². The molecule has 10 nitrogen and oxygen atoms in total. The van der Waals surface area contributed by atoms with Crippen molar-refractivity contribution in [1.29, 1.82) is 0 Å². The highest BCUT2D eigenvalue weighted by molar-refractivity contribution is 5.67. The third-order valence-electron chi connectivity index (χ3n) is 5.03. The fourth-order valence-electron chi connectivity index (χ4n) is 3.33. The van der Waals surface area contributed by atoms with Crippen LogP contribution in [0.25, 0.3) is 17.1 Å². The lowest BCUT2D eigenvalue weighted by molar-refractivity contribution is 0.223. The second-order valence-electron chi connectivity index (χ2n) is 7.53. The summed E-state index contributed by atoms with van der Waals surface area (Å²) in [6, 6.07) is 13.8. The zero-order valence-corrected chi connectivity index (χ0v) is 18.3. The van der Waals surface area contributed by atoms with Crippen LogP contribution in [0.15, 0.2) is 63.9 Å². The lowest BCUT2D eigenvalue weighted by atomic mass is 10.1. The standard InChI is InChI=1S/C22H25FN8O2/c1-29-13-26-30(14-29)11-15-7-9-16(10-8-15)21-27-22(33-28-21)20(24)19(12-32-2)31(25)18-6-4-3-5-17(18)23/h3-10,13H,11-12,14,24-25H2,1-2H3/b20-19-. The smallest absolute Gasteiger partial charge is 0.276 e. The summed E-state index contributed by atoms with van der Waals surface area (Å²) in [4.78, 5) is 6.39. The number of hydrazine groups is 1. The molecular weight excluding hydrogens is 427 g/mol. The van der Waals surface area contributed by atoms with Crippen molar-refractivity contribution in [3.63, 3.8) is 0 Å². The predicted octanol–water partition coefficient (Wildman–Crippen LogP) is 2.18. The molecule has 0 radical (unpaired) electrons. The minimum Gasteiger partial charge on any atom is -0.393 e. The summed E-state index contributed by atoms with van der Waals surface area (Å²) >= 11 is 0. The monoisotopic (exact) mass is 452 g/mol. The van der Waals surface area contributed by atoms with Gasteiger partial charge in [-0.3, -0.25) is 10.0 Å². The first-order valence-electron chi connectivity index (χ1n) is 10.2. The third kappa shape index (κ3) is 4.94. The number of methoxy groups -OCH3 is 1. The average Bonchev–Trinajstić information content (AvgIpc) is 3.47. The van der Waals surface area contributed by atoms with Crippen LogP contribution in [0, 0.1) is 5.82 Å². The molecule has 0 aliphatic carbocycles. The van der Waals surface area contributed by atoms with Crippen molar-refractivity contribution in [3.8, 4) is 11.4 Å². The van der Waals surface area contributed by atoms with Gasteiger partial charge < -0.3 is 19.9 Å². The van der Waals surface area contributed by atoms with Gasteiger partial charge in [0.05, 0.1) is 24.5 Å². The van der Waals surface area contributed by atoms with Crippen molar-refractivity contribution in [2.75, 3.05) is 32.4 Å². The van der Waals surface area contributed by atoms with Crippen molar-refractivity contribution in [3.05, 3.63) is 71.5 Å². The first-order chi connectivity index (χ1) is 16.0. The summed E-state index contributed by atoms with van der Waals surface area (Å²) < 4.78 is 24.8. The number of rotatable bonds is 8. The van der Waals surface area contributed by atoms with Crippen molar-refractivity contribution in [2.24, 2.45) is 16.7 Å². The van der Waals surface area contributed by atoms with Crippen molar-refractivity contribution in [2.45, 2.75) is 6.54 Å². The Morgan fingerprint density at radius 3 is 2.64 bits per heavy atom. The van der Waals surface area contributed by atoms with E-state index in [9.17, 15) is 4.39 Å². The van der Waals surface area contributed by atoms with Crippen LogP contribution in [0.4, 0.5) is 10.1 Å². The van der Waals surface area contributed by atoms with Crippen LogP contribution in [0.5, 0.6) is 0 Å². The van der Waals surface area contributed by atoms with Gasteiger partial charge in [-0.15, -0.1) is 0 Å². The molecule has 4 rings (SSSR count). The second kappa shape index (κ2) is 9.67. The Bertz CT molecular complexity index is 1160. The normalized spacial score (nSPS) is 14.1. The summed E-state index contributed by atoms with van der Waals surface area (Å²) in [6.45, 7) is 1.45. The topological polar surface area (TPSA) is 122 Å². The molecule has 0 atom stereocenters. The maximum absolute atomic E-state index is 14.2. The van der Waals surface area contributed by atoms with Gasteiger partial charge in [-0.1, -0.05) is 41.6 Å². The molecule has 0 fully saturated rings. The number of hydrogen-bond donors (Lipinski definition) is 2. The van der Waals surface area contributed by atoms with E-state index < -0.39 is 5.82 Å². The fourth-order valence-corrected chi connectivity index (χ4v) is 3.33. The van der Waals surface area contributed by atoms with Crippen molar-refractivity contribution < 1.29 is 13.7 Å². The molecule has 0 amide bonds.